The lowest BCUT2D eigenvalue weighted by molar-refractivity contribution is 0.225. The van der Waals surface area contributed by atoms with Gasteiger partial charge in [-0.3, -0.25) is 0 Å². The third-order valence-electron chi connectivity index (χ3n) is 4.34. The van der Waals surface area contributed by atoms with Gasteiger partial charge in [-0.1, -0.05) is 44.9 Å². The first kappa shape index (κ1) is 10.5. The van der Waals surface area contributed by atoms with Crippen molar-refractivity contribution in [2.45, 2.75) is 70.3 Å². The third-order valence-corrected chi connectivity index (χ3v) is 4.34. The van der Waals surface area contributed by atoms with Crippen LogP contribution in [0, 0.1) is 11.8 Å². The summed E-state index contributed by atoms with van der Waals surface area (Å²) in [6.07, 6.45) is 14.4. The molecule has 0 aromatic heterocycles. The molecule has 1 heteroatoms. The first-order valence-electron chi connectivity index (χ1n) is 6.62. The van der Waals surface area contributed by atoms with E-state index in [-0.39, 0.29) is 0 Å². The van der Waals surface area contributed by atoms with E-state index in [4.69, 9.17) is 5.73 Å². The van der Waals surface area contributed by atoms with Gasteiger partial charge >= 0.3 is 0 Å². The van der Waals surface area contributed by atoms with Crippen LogP contribution in [0.5, 0.6) is 0 Å². The van der Waals surface area contributed by atoms with Crippen LogP contribution in [0.1, 0.15) is 64.2 Å². The molecule has 1 unspecified atom stereocenters. The van der Waals surface area contributed by atoms with Crippen LogP contribution in [-0.4, -0.2) is 6.04 Å². The summed E-state index contributed by atoms with van der Waals surface area (Å²) in [5, 5.41) is 0. The Balaban J connectivity index is 1.71. The lowest BCUT2D eigenvalue weighted by Gasteiger charge is -2.33. The van der Waals surface area contributed by atoms with Crippen LogP contribution in [-0.2, 0) is 0 Å². The average molecular weight is 195 g/mol. The quantitative estimate of drug-likeness (QED) is 0.686. The van der Waals surface area contributed by atoms with E-state index in [1.807, 2.05) is 0 Å². The second-order valence-electron chi connectivity index (χ2n) is 5.45. The predicted octanol–water partition coefficient (Wildman–Crippen LogP) is 3.47. The van der Waals surface area contributed by atoms with Crippen molar-refractivity contribution in [3.05, 3.63) is 0 Å². The highest BCUT2D eigenvalue weighted by Gasteiger charge is 2.26. The van der Waals surface area contributed by atoms with Crippen LogP contribution in [0.4, 0.5) is 0 Å². The molecule has 0 heterocycles. The fourth-order valence-electron chi connectivity index (χ4n) is 3.04. The summed E-state index contributed by atoms with van der Waals surface area (Å²) in [5.41, 5.74) is 6.26. The Morgan fingerprint density at radius 3 is 2.00 bits per heavy atom. The zero-order valence-corrected chi connectivity index (χ0v) is 9.38. The highest BCUT2D eigenvalue weighted by atomic mass is 14.7. The molecule has 2 saturated carbocycles. The summed E-state index contributed by atoms with van der Waals surface area (Å²) < 4.78 is 0. The topological polar surface area (TPSA) is 26.0 Å². The minimum Gasteiger partial charge on any atom is -0.327 e. The summed E-state index contributed by atoms with van der Waals surface area (Å²) in [6, 6.07) is 0.534. The van der Waals surface area contributed by atoms with Gasteiger partial charge in [0.1, 0.15) is 0 Å². The highest BCUT2D eigenvalue weighted by molar-refractivity contribution is 4.82. The van der Waals surface area contributed by atoms with Crippen molar-refractivity contribution in [2.75, 3.05) is 0 Å². The zero-order valence-electron chi connectivity index (χ0n) is 9.38. The second kappa shape index (κ2) is 5.16. The standard InChI is InChI=1S/C13H25N/c14-13(12-8-5-9-12)10-11-6-3-1-2-4-7-11/h11-13H,1-10,14H2. The van der Waals surface area contributed by atoms with Crippen molar-refractivity contribution in [1.82, 2.24) is 0 Å². The fourth-order valence-corrected chi connectivity index (χ4v) is 3.04. The summed E-state index contributed by atoms with van der Waals surface area (Å²) in [5.74, 6) is 1.85. The number of rotatable bonds is 3. The van der Waals surface area contributed by atoms with Crippen LogP contribution >= 0.6 is 0 Å². The molecular formula is C13H25N. The van der Waals surface area contributed by atoms with E-state index >= 15 is 0 Å². The van der Waals surface area contributed by atoms with E-state index in [0.717, 1.165) is 11.8 Å². The van der Waals surface area contributed by atoms with Gasteiger partial charge in [0.25, 0.3) is 0 Å². The largest absolute Gasteiger partial charge is 0.327 e. The minimum atomic E-state index is 0.534. The molecule has 0 aliphatic heterocycles. The highest BCUT2D eigenvalue weighted by Crippen LogP contribution is 2.34. The number of hydrogen-bond acceptors (Lipinski definition) is 1. The molecule has 0 bridgehead atoms. The SMILES string of the molecule is NC(CC1CCCCCC1)C1CCC1. The minimum absolute atomic E-state index is 0.534. The van der Waals surface area contributed by atoms with E-state index in [1.165, 1.54) is 64.2 Å². The lowest BCUT2D eigenvalue weighted by atomic mass is 9.76. The Hall–Kier alpha value is -0.0400. The first-order valence-corrected chi connectivity index (χ1v) is 6.62. The van der Waals surface area contributed by atoms with Gasteiger partial charge in [0.15, 0.2) is 0 Å². The van der Waals surface area contributed by atoms with Crippen molar-refractivity contribution in [1.29, 1.82) is 0 Å². The van der Waals surface area contributed by atoms with Gasteiger partial charge in [-0.15, -0.1) is 0 Å². The van der Waals surface area contributed by atoms with Gasteiger partial charge in [0, 0.05) is 6.04 Å². The van der Waals surface area contributed by atoms with E-state index < -0.39 is 0 Å². The normalized spacial score (nSPS) is 28.1. The van der Waals surface area contributed by atoms with Crippen molar-refractivity contribution in [3.8, 4) is 0 Å². The monoisotopic (exact) mass is 195 g/mol. The molecule has 2 aliphatic carbocycles. The predicted molar refractivity (Wildman–Crippen MR) is 61.1 cm³/mol. The van der Waals surface area contributed by atoms with Gasteiger partial charge in [-0.2, -0.15) is 0 Å². The molecule has 0 aromatic carbocycles. The van der Waals surface area contributed by atoms with E-state index in [1.54, 1.807) is 0 Å². The lowest BCUT2D eigenvalue weighted by Crippen LogP contribution is -2.36. The van der Waals surface area contributed by atoms with E-state index in [2.05, 4.69) is 0 Å². The van der Waals surface area contributed by atoms with Crippen molar-refractivity contribution >= 4 is 0 Å². The van der Waals surface area contributed by atoms with Gasteiger partial charge in [-0.05, 0) is 31.1 Å². The molecule has 0 saturated heterocycles. The maximum absolute atomic E-state index is 6.26. The van der Waals surface area contributed by atoms with E-state index in [0.29, 0.717) is 6.04 Å². The molecule has 14 heavy (non-hydrogen) atoms. The van der Waals surface area contributed by atoms with E-state index in [9.17, 15) is 0 Å². The van der Waals surface area contributed by atoms with Crippen molar-refractivity contribution in [3.63, 3.8) is 0 Å². The molecule has 0 aromatic rings. The Morgan fingerprint density at radius 1 is 0.857 bits per heavy atom. The smallest absolute Gasteiger partial charge is 0.00697 e. The van der Waals surface area contributed by atoms with Crippen molar-refractivity contribution in [2.24, 2.45) is 17.6 Å². The fraction of sp³-hybridized carbons (Fsp3) is 1.00. The molecule has 2 rings (SSSR count). The van der Waals surface area contributed by atoms with Crippen LogP contribution < -0.4 is 5.73 Å². The summed E-state index contributed by atoms with van der Waals surface area (Å²) in [4.78, 5) is 0. The van der Waals surface area contributed by atoms with Gasteiger partial charge in [-0.25, -0.2) is 0 Å². The Morgan fingerprint density at radius 2 is 1.50 bits per heavy atom. The van der Waals surface area contributed by atoms with Gasteiger partial charge in [0.05, 0.1) is 0 Å². The van der Waals surface area contributed by atoms with Crippen LogP contribution in [0.15, 0.2) is 0 Å². The molecule has 2 N–H and O–H groups in total. The molecule has 1 atom stereocenters. The summed E-state index contributed by atoms with van der Waals surface area (Å²) in [7, 11) is 0. The third kappa shape index (κ3) is 2.73. The summed E-state index contributed by atoms with van der Waals surface area (Å²) >= 11 is 0. The molecule has 1 nitrogen and oxygen atoms in total. The molecular weight excluding hydrogens is 170 g/mol. The zero-order chi connectivity index (χ0) is 9.80. The summed E-state index contributed by atoms with van der Waals surface area (Å²) in [6.45, 7) is 0. The molecule has 2 fully saturated rings. The molecule has 2 aliphatic rings. The Kier molecular flexibility index (Phi) is 3.86. The molecule has 0 amide bonds. The maximum atomic E-state index is 6.26. The maximum Gasteiger partial charge on any atom is 0.00697 e. The van der Waals surface area contributed by atoms with Gasteiger partial charge < -0.3 is 5.73 Å². The van der Waals surface area contributed by atoms with Crippen LogP contribution in [0.25, 0.3) is 0 Å². The number of hydrogen-bond donors (Lipinski definition) is 1. The molecule has 0 radical (unpaired) electrons. The molecule has 0 spiro atoms. The van der Waals surface area contributed by atoms with Crippen LogP contribution in [0.3, 0.4) is 0 Å². The number of nitrogens with two attached hydrogens (primary N) is 1. The second-order valence-corrected chi connectivity index (χ2v) is 5.45. The Bertz CT molecular complexity index is 155. The average Bonchev–Trinajstić information content (AvgIpc) is 2.29. The Labute approximate surface area is 88.4 Å². The molecule has 82 valence electrons. The van der Waals surface area contributed by atoms with Crippen molar-refractivity contribution < 1.29 is 0 Å². The first-order chi connectivity index (χ1) is 6.86. The van der Waals surface area contributed by atoms with Crippen LogP contribution in [0.2, 0.25) is 0 Å². The van der Waals surface area contributed by atoms with Gasteiger partial charge in [0.2, 0.25) is 0 Å².